The largest absolute Gasteiger partial charge is 0.387 e. The summed E-state index contributed by atoms with van der Waals surface area (Å²) in [6, 6.07) is 8.59. The molecule has 0 unspecified atom stereocenters. The average molecular weight is 552 g/mol. The number of nitrogens with zero attached hydrogens (tertiary/aromatic N) is 5. The number of hydrogen-bond acceptors (Lipinski definition) is 9. The summed E-state index contributed by atoms with van der Waals surface area (Å²) in [5.41, 5.74) is 4.35. The van der Waals surface area contributed by atoms with Gasteiger partial charge < -0.3 is 19.7 Å². The number of hydrogen-bond donors (Lipinski definition) is 2. The Balaban J connectivity index is 1.13. The van der Waals surface area contributed by atoms with Gasteiger partial charge in [-0.3, -0.25) is 14.3 Å². The van der Waals surface area contributed by atoms with Gasteiger partial charge in [0.05, 0.1) is 31.3 Å². The highest BCUT2D eigenvalue weighted by molar-refractivity contribution is 5.80. The maximum absolute atomic E-state index is 12.6. The lowest BCUT2D eigenvalue weighted by Gasteiger charge is -2.38. The molecule has 0 bridgehead atoms. The summed E-state index contributed by atoms with van der Waals surface area (Å²) in [6.07, 6.45) is 2.11. The molecule has 0 spiro atoms. The molecule has 216 valence electrons. The molecule has 2 fully saturated rings. The molecule has 4 atom stereocenters. The molecule has 2 saturated heterocycles. The Morgan fingerprint density at radius 1 is 1.07 bits per heavy atom. The Morgan fingerprint density at radius 2 is 1.82 bits per heavy atom. The molecule has 0 amide bonds. The van der Waals surface area contributed by atoms with Crippen molar-refractivity contribution >= 4 is 16.9 Å². The summed E-state index contributed by atoms with van der Waals surface area (Å²) in [4.78, 5) is 27.7. The van der Waals surface area contributed by atoms with Gasteiger partial charge in [-0.15, -0.1) is 0 Å². The summed E-state index contributed by atoms with van der Waals surface area (Å²) < 4.78 is 13.3. The van der Waals surface area contributed by atoms with Gasteiger partial charge >= 0.3 is 0 Å². The topological polar surface area (TPSA) is 123 Å². The SMILES string of the molecule is Cc1ncnc2c1ncn2[C@@H]1O[C@H](CN(CCCCC(=O)Cc2ccc(C(C)(C)C)cc2)C2COC2)[C@@H](O)[C@H]1O. The third-order valence-corrected chi connectivity index (χ3v) is 8.08. The van der Waals surface area contributed by atoms with E-state index in [-0.39, 0.29) is 17.2 Å². The van der Waals surface area contributed by atoms with Crippen LogP contribution in [0.3, 0.4) is 0 Å². The van der Waals surface area contributed by atoms with Crippen molar-refractivity contribution in [2.24, 2.45) is 0 Å². The lowest BCUT2D eigenvalue weighted by molar-refractivity contribution is -0.118. The maximum Gasteiger partial charge on any atom is 0.165 e. The van der Waals surface area contributed by atoms with Gasteiger partial charge in [0.15, 0.2) is 11.9 Å². The lowest BCUT2D eigenvalue weighted by Crippen LogP contribution is -2.53. The Labute approximate surface area is 235 Å². The lowest BCUT2D eigenvalue weighted by atomic mass is 9.86. The zero-order valence-electron chi connectivity index (χ0n) is 23.9. The van der Waals surface area contributed by atoms with Crippen molar-refractivity contribution < 1.29 is 24.5 Å². The van der Waals surface area contributed by atoms with Gasteiger partial charge in [0.25, 0.3) is 0 Å². The number of rotatable bonds is 11. The molecule has 4 heterocycles. The van der Waals surface area contributed by atoms with E-state index in [0.717, 1.165) is 30.6 Å². The number of unbranched alkanes of at least 4 members (excludes halogenated alkanes) is 1. The van der Waals surface area contributed by atoms with Crippen molar-refractivity contribution in [3.05, 3.63) is 53.7 Å². The van der Waals surface area contributed by atoms with Gasteiger partial charge in [-0.25, -0.2) is 15.0 Å². The first kappa shape index (κ1) is 28.8. The van der Waals surface area contributed by atoms with E-state index in [2.05, 4.69) is 64.9 Å². The quantitative estimate of drug-likeness (QED) is 0.346. The van der Waals surface area contributed by atoms with Crippen LogP contribution in [0.25, 0.3) is 11.2 Å². The zero-order valence-corrected chi connectivity index (χ0v) is 23.9. The number of aliphatic hydroxyl groups is 2. The minimum Gasteiger partial charge on any atom is -0.387 e. The minimum atomic E-state index is -1.12. The number of ether oxygens (including phenoxy) is 2. The highest BCUT2D eigenvalue weighted by Gasteiger charge is 2.45. The van der Waals surface area contributed by atoms with Gasteiger partial charge in [0.1, 0.15) is 35.9 Å². The van der Waals surface area contributed by atoms with Crippen LogP contribution in [-0.4, -0.2) is 91.1 Å². The van der Waals surface area contributed by atoms with E-state index < -0.39 is 24.5 Å². The molecule has 0 aliphatic carbocycles. The second-order valence-electron chi connectivity index (χ2n) is 12.1. The zero-order chi connectivity index (χ0) is 28.4. The molecule has 0 radical (unpaired) electrons. The van der Waals surface area contributed by atoms with E-state index in [0.29, 0.717) is 43.8 Å². The normalized spacial score (nSPS) is 23.7. The predicted octanol–water partition coefficient (Wildman–Crippen LogP) is 2.73. The van der Waals surface area contributed by atoms with Crippen LogP contribution in [0.5, 0.6) is 0 Å². The molecule has 3 aromatic rings. The third-order valence-electron chi connectivity index (χ3n) is 8.08. The van der Waals surface area contributed by atoms with E-state index in [4.69, 9.17) is 9.47 Å². The number of benzene rings is 1. The minimum absolute atomic E-state index is 0.0976. The van der Waals surface area contributed by atoms with Crippen LogP contribution in [0.1, 0.15) is 63.1 Å². The van der Waals surface area contributed by atoms with Crippen molar-refractivity contribution in [2.75, 3.05) is 26.3 Å². The smallest absolute Gasteiger partial charge is 0.165 e. The first-order valence-corrected chi connectivity index (χ1v) is 14.2. The highest BCUT2D eigenvalue weighted by Crippen LogP contribution is 2.32. The molecule has 0 saturated carbocycles. The van der Waals surface area contributed by atoms with Crippen LogP contribution >= 0.6 is 0 Å². The third kappa shape index (κ3) is 6.26. The van der Waals surface area contributed by atoms with Crippen LogP contribution in [0.4, 0.5) is 0 Å². The van der Waals surface area contributed by atoms with Crippen molar-refractivity contribution in [1.82, 2.24) is 24.4 Å². The molecular formula is C30H41N5O5. The standard InChI is InChI=1S/C30H41N5O5/c1-19-25-28(32-17-31-19)35(18-33-25)29-27(38)26(37)24(40-29)14-34(22-15-39-16-22)12-6-5-7-23(36)13-20-8-10-21(11-9-20)30(2,3)4/h8-11,17-18,22,24,26-27,29,37-38H,5-7,12-16H2,1-4H3/t24-,26-,27-,29-/m1/s1. The van der Waals surface area contributed by atoms with E-state index in [1.807, 2.05) is 6.92 Å². The summed E-state index contributed by atoms with van der Waals surface area (Å²) in [6.45, 7) is 10.9. The fraction of sp³-hybridized carbons (Fsp3) is 0.600. The van der Waals surface area contributed by atoms with Crippen LogP contribution in [0, 0.1) is 6.92 Å². The average Bonchev–Trinajstić information content (AvgIpc) is 3.42. The van der Waals surface area contributed by atoms with Crippen molar-refractivity contribution in [3.63, 3.8) is 0 Å². The summed E-state index contributed by atoms with van der Waals surface area (Å²) in [5, 5.41) is 21.7. The number of ketones is 1. The highest BCUT2D eigenvalue weighted by atomic mass is 16.6. The second-order valence-corrected chi connectivity index (χ2v) is 12.1. The first-order chi connectivity index (χ1) is 19.1. The van der Waals surface area contributed by atoms with Crippen LogP contribution < -0.4 is 0 Å². The molecule has 10 nitrogen and oxygen atoms in total. The van der Waals surface area contributed by atoms with Crippen molar-refractivity contribution in [3.8, 4) is 0 Å². The molecule has 2 aliphatic heterocycles. The molecule has 2 aromatic heterocycles. The second kappa shape index (κ2) is 12.0. The summed E-state index contributed by atoms with van der Waals surface area (Å²) in [5.74, 6) is 0.245. The Morgan fingerprint density at radius 3 is 2.50 bits per heavy atom. The number of fused-ring (bicyclic) bond motifs is 1. The molecule has 2 N–H and O–H groups in total. The predicted molar refractivity (Wildman–Crippen MR) is 150 cm³/mol. The number of carbonyl (C=O) groups is 1. The number of carbonyl (C=O) groups excluding carboxylic acids is 1. The Kier molecular flexibility index (Phi) is 8.63. The van der Waals surface area contributed by atoms with Crippen molar-refractivity contribution in [1.29, 1.82) is 0 Å². The number of imidazole rings is 1. The molecular weight excluding hydrogens is 510 g/mol. The molecule has 40 heavy (non-hydrogen) atoms. The van der Waals surface area contributed by atoms with Gasteiger partial charge in [-0.05, 0) is 42.9 Å². The molecule has 1 aromatic carbocycles. The maximum atomic E-state index is 12.6. The summed E-state index contributed by atoms with van der Waals surface area (Å²) >= 11 is 0. The first-order valence-electron chi connectivity index (χ1n) is 14.2. The van der Waals surface area contributed by atoms with Gasteiger partial charge in [-0.2, -0.15) is 0 Å². The van der Waals surface area contributed by atoms with E-state index >= 15 is 0 Å². The number of aromatic nitrogens is 4. The number of Topliss-reactive ketones (excluding diaryl/α,β-unsaturated/α-hetero) is 1. The number of aryl methyl sites for hydroxylation is 1. The molecule has 5 rings (SSSR count). The fourth-order valence-corrected chi connectivity index (χ4v) is 5.43. The summed E-state index contributed by atoms with van der Waals surface area (Å²) in [7, 11) is 0. The van der Waals surface area contributed by atoms with Crippen LogP contribution in [-0.2, 0) is 26.1 Å². The van der Waals surface area contributed by atoms with E-state index in [9.17, 15) is 15.0 Å². The van der Waals surface area contributed by atoms with Gasteiger partial charge in [-0.1, -0.05) is 45.0 Å². The Bertz CT molecular complexity index is 1300. The monoisotopic (exact) mass is 551 g/mol. The molecule has 2 aliphatic rings. The van der Waals surface area contributed by atoms with Crippen molar-refractivity contribution in [2.45, 2.75) is 89.4 Å². The van der Waals surface area contributed by atoms with Crippen LogP contribution in [0.2, 0.25) is 0 Å². The van der Waals surface area contributed by atoms with E-state index in [1.54, 1.807) is 10.9 Å². The van der Waals surface area contributed by atoms with Gasteiger partial charge in [0, 0.05) is 19.4 Å². The Hall–Kier alpha value is -2.76. The van der Waals surface area contributed by atoms with Crippen LogP contribution in [0.15, 0.2) is 36.9 Å². The molecule has 10 heteroatoms. The van der Waals surface area contributed by atoms with E-state index in [1.165, 1.54) is 11.9 Å². The number of aliphatic hydroxyl groups excluding tert-OH is 2. The fourth-order valence-electron chi connectivity index (χ4n) is 5.43. The van der Waals surface area contributed by atoms with Gasteiger partial charge in [0.2, 0.25) is 0 Å².